The van der Waals surface area contributed by atoms with Gasteiger partial charge in [-0.25, -0.2) is 0 Å². The molecule has 138 valence electrons. The maximum atomic E-state index is 12.6. The Morgan fingerprint density at radius 1 is 1.23 bits per heavy atom. The lowest BCUT2D eigenvalue weighted by atomic mass is 10.1. The second kappa shape index (κ2) is 7.74. The van der Waals surface area contributed by atoms with E-state index in [1.54, 1.807) is 4.90 Å². The topological polar surface area (TPSA) is 57.6 Å². The van der Waals surface area contributed by atoms with Gasteiger partial charge in [0.05, 0.1) is 12.0 Å². The van der Waals surface area contributed by atoms with Gasteiger partial charge in [-0.05, 0) is 38.4 Å². The first-order valence-corrected chi connectivity index (χ1v) is 8.88. The largest absolute Gasteiger partial charge is 0.354 e. The quantitative estimate of drug-likeness (QED) is 0.861. The van der Waals surface area contributed by atoms with E-state index in [4.69, 9.17) is 0 Å². The van der Waals surface area contributed by atoms with Crippen LogP contribution in [0.25, 0.3) is 0 Å². The molecule has 1 fully saturated rings. The third-order valence-electron chi connectivity index (χ3n) is 4.98. The van der Waals surface area contributed by atoms with Crippen LogP contribution < -0.4 is 10.2 Å². The molecule has 6 nitrogen and oxygen atoms in total. The van der Waals surface area contributed by atoms with Crippen molar-refractivity contribution in [3.05, 3.63) is 54.4 Å². The Morgan fingerprint density at radius 2 is 1.96 bits per heavy atom. The molecule has 1 saturated heterocycles. The maximum Gasteiger partial charge on any atom is 0.227 e. The lowest BCUT2D eigenvalue weighted by Gasteiger charge is -2.26. The van der Waals surface area contributed by atoms with Crippen LogP contribution in [0.15, 0.2) is 48.7 Å². The molecule has 2 heterocycles. The van der Waals surface area contributed by atoms with Crippen LogP contribution in [0.2, 0.25) is 0 Å². The van der Waals surface area contributed by atoms with E-state index in [0.29, 0.717) is 13.1 Å². The average molecular weight is 354 g/mol. The van der Waals surface area contributed by atoms with E-state index >= 15 is 0 Å². The highest BCUT2D eigenvalue weighted by Gasteiger charge is 2.35. The second-order valence-electron chi connectivity index (χ2n) is 7.01. The summed E-state index contributed by atoms with van der Waals surface area (Å²) in [5.74, 6) is -0.361. The van der Waals surface area contributed by atoms with Crippen LogP contribution in [0.4, 0.5) is 5.69 Å². The summed E-state index contributed by atoms with van der Waals surface area (Å²) < 4.78 is 2.06. The van der Waals surface area contributed by atoms with E-state index in [1.807, 2.05) is 63.7 Å². The van der Waals surface area contributed by atoms with E-state index < -0.39 is 0 Å². The summed E-state index contributed by atoms with van der Waals surface area (Å²) in [6, 6.07) is 13.7. The molecule has 0 saturated carbocycles. The fourth-order valence-electron chi connectivity index (χ4n) is 3.45. The van der Waals surface area contributed by atoms with Gasteiger partial charge < -0.3 is 14.8 Å². The molecule has 2 aromatic rings. The summed E-state index contributed by atoms with van der Waals surface area (Å²) in [5, 5.41) is 3.04. The number of hydrogen-bond acceptors (Lipinski definition) is 3. The first-order chi connectivity index (χ1) is 12.5. The van der Waals surface area contributed by atoms with Gasteiger partial charge in [-0.3, -0.25) is 14.5 Å². The van der Waals surface area contributed by atoms with Gasteiger partial charge in [0.25, 0.3) is 0 Å². The second-order valence-corrected chi connectivity index (χ2v) is 7.01. The zero-order valence-corrected chi connectivity index (χ0v) is 15.6. The number of likely N-dealkylation sites (N-methyl/N-ethyl adjacent to an activating group) is 1. The van der Waals surface area contributed by atoms with Crippen molar-refractivity contribution < 1.29 is 9.59 Å². The number of nitrogens with zero attached hydrogens (tertiary/aromatic N) is 3. The number of nitrogens with one attached hydrogen (secondary N) is 1. The number of carbonyl (C=O) groups is 2. The Kier molecular flexibility index (Phi) is 5.42. The van der Waals surface area contributed by atoms with Crippen molar-refractivity contribution in [1.82, 2.24) is 14.8 Å². The van der Waals surface area contributed by atoms with Crippen LogP contribution in [0.1, 0.15) is 18.2 Å². The molecule has 3 rings (SSSR count). The first-order valence-electron chi connectivity index (χ1n) is 8.88. The lowest BCUT2D eigenvalue weighted by Crippen LogP contribution is -2.39. The molecule has 0 radical (unpaired) electrons. The molecule has 26 heavy (non-hydrogen) atoms. The average Bonchev–Trinajstić information content (AvgIpc) is 3.22. The third kappa shape index (κ3) is 3.80. The molecule has 1 aromatic carbocycles. The van der Waals surface area contributed by atoms with E-state index in [9.17, 15) is 9.59 Å². The monoisotopic (exact) mass is 354 g/mol. The number of rotatable bonds is 6. The summed E-state index contributed by atoms with van der Waals surface area (Å²) in [7, 11) is 6.00. The van der Waals surface area contributed by atoms with Crippen LogP contribution >= 0.6 is 0 Å². The number of para-hydroxylation sites is 1. The molecule has 1 aliphatic heterocycles. The van der Waals surface area contributed by atoms with Crippen molar-refractivity contribution in [2.24, 2.45) is 13.0 Å². The zero-order valence-electron chi connectivity index (χ0n) is 15.6. The standard InChI is InChI=1S/C20H26N4O2/c1-22(2)18(17-10-7-11-23(17)3)13-21-20(26)15-12-19(25)24(14-15)16-8-5-4-6-9-16/h4-11,15,18H,12-14H2,1-3H3,(H,21,26). The Balaban J connectivity index is 1.62. The summed E-state index contributed by atoms with van der Waals surface area (Å²) in [6.07, 6.45) is 2.26. The van der Waals surface area contributed by atoms with Crippen LogP contribution in [0.3, 0.4) is 0 Å². The smallest absolute Gasteiger partial charge is 0.227 e. The molecule has 1 aliphatic rings. The normalized spacial score (nSPS) is 18.4. The van der Waals surface area contributed by atoms with E-state index in [-0.39, 0.29) is 30.2 Å². The predicted molar refractivity (Wildman–Crippen MR) is 102 cm³/mol. The van der Waals surface area contributed by atoms with Crippen LogP contribution in [-0.2, 0) is 16.6 Å². The van der Waals surface area contributed by atoms with Gasteiger partial charge >= 0.3 is 0 Å². The van der Waals surface area contributed by atoms with Gasteiger partial charge in [-0.15, -0.1) is 0 Å². The molecule has 0 spiro atoms. The highest BCUT2D eigenvalue weighted by molar-refractivity contribution is 6.00. The minimum atomic E-state index is -0.307. The van der Waals surface area contributed by atoms with Crippen molar-refractivity contribution >= 4 is 17.5 Å². The van der Waals surface area contributed by atoms with Crippen molar-refractivity contribution in [3.63, 3.8) is 0 Å². The van der Waals surface area contributed by atoms with Crippen LogP contribution in [0, 0.1) is 5.92 Å². The summed E-state index contributed by atoms with van der Waals surface area (Å²) in [5.41, 5.74) is 1.99. The van der Waals surface area contributed by atoms with Crippen LogP contribution in [-0.4, -0.2) is 48.5 Å². The molecule has 6 heteroatoms. The summed E-state index contributed by atoms with van der Waals surface area (Å²) in [4.78, 5) is 28.7. The number of amides is 2. The SMILES string of the molecule is CN(C)C(CNC(=O)C1CC(=O)N(c2ccccc2)C1)c1cccn1C. The molecule has 2 atom stereocenters. The van der Waals surface area contributed by atoms with Gasteiger partial charge in [0.2, 0.25) is 11.8 Å². The molecule has 0 bridgehead atoms. The lowest BCUT2D eigenvalue weighted by molar-refractivity contribution is -0.126. The molecule has 1 aromatic heterocycles. The van der Waals surface area contributed by atoms with Gasteiger partial charge in [-0.1, -0.05) is 18.2 Å². The number of hydrogen-bond donors (Lipinski definition) is 1. The van der Waals surface area contributed by atoms with E-state index in [2.05, 4.69) is 20.9 Å². The minimum absolute atomic E-state index is 0.00273. The Bertz CT molecular complexity index is 769. The molecule has 2 unspecified atom stereocenters. The van der Waals surface area contributed by atoms with Gasteiger partial charge in [-0.2, -0.15) is 0 Å². The Morgan fingerprint density at radius 3 is 2.58 bits per heavy atom. The van der Waals surface area contributed by atoms with Gasteiger partial charge in [0, 0.05) is 44.1 Å². The highest BCUT2D eigenvalue weighted by Crippen LogP contribution is 2.25. The number of aryl methyl sites for hydroxylation is 1. The van der Waals surface area contributed by atoms with E-state index in [1.165, 1.54) is 0 Å². The molecular formula is C20H26N4O2. The molecular weight excluding hydrogens is 328 g/mol. The Labute approximate surface area is 154 Å². The molecule has 0 aliphatic carbocycles. The minimum Gasteiger partial charge on any atom is -0.354 e. The number of carbonyl (C=O) groups excluding carboxylic acids is 2. The van der Waals surface area contributed by atoms with E-state index in [0.717, 1.165) is 11.4 Å². The van der Waals surface area contributed by atoms with Gasteiger partial charge in [0.1, 0.15) is 0 Å². The maximum absolute atomic E-state index is 12.6. The predicted octanol–water partition coefficient (Wildman–Crippen LogP) is 1.80. The molecule has 2 amide bonds. The van der Waals surface area contributed by atoms with Crippen molar-refractivity contribution in [2.45, 2.75) is 12.5 Å². The fraction of sp³-hybridized carbons (Fsp3) is 0.400. The first kappa shape index (κ1) is 18.2. The van der Waals surface area contributed by atoms with Gasteiger partial charge in [0.15, 0.2) is 0 Å². The number of anilines is 1. The summed E-state index contributed by atoms with van der Waals surface area (Å²) >= 11 is 0. The Hall–Kier alpha value is -2.60. The molecule has 1 N–H and O–H groups in total. The van der Waals surface area contributed by atoms with Crippen LogP contribution in [0.5, 0.6) is 0 Å². The van der Waals surface area contributed by atoms with Crippen molar-refractivity contribution in [1.29, 1.82) is 0 Å². The number of aromatic nitrogens is 1. The summed E-state index contributed by atoms with van der Waals surface area (Å²) in [6.45, 7) is 0.950. The number of benzene rings is 1. The van der Waals surface area contributed by atoms with Crippen molar-refractivity contribution in [3.8, 4) is 0 Å². The fourth-order valence-corrected chi connectivity index (χ4v) is 3.45. The van der Waals surface area contributed by atoms with Crippen molar-refractivity contribution in [2.75, 3.05) is 32.1 Å². The highest BCUT2D eigenvalue weighted by atomic mass is 16.2. The third-order valence-corrected chi connectivity index (χ3v) is 4.98. The zero-order chi connectivity index (χ0) is 18.7.